The van der Waals surface area contributed by atoms with Gasteiger partial charge in [0.25, 0.3) is 0 Å². The van der Waals surface area contributed by atoms with Crippen LogP contribution >= 0.6 is 0 Å². The first-order valence-electron chi connectivity index (χ1n) is 4.11. The van der Waals surface area contributed by atoms with Gasteiger partial charge in [0.05, 0.1) is 0 Å². The Kier molecular flexibility index (Phi) is 1.88. The van der Waals surface area contributed by atoms with E-state index in [1.54, 1.807) is 0 Å². The molecule has 2 heterocycles. The molecule has 0 aromatic heterocycles. The minimum absolute atomic E-state index is 0.705. The molecule has 2 saturated heterocycles. The third-order valence-corrected chi connectivity index (χ3v) is 2.14. The molecule has 58 valence electrons. The van der Waals surface area contributed by atoms with Gasteiger partial charge in [0.15, 0.2) is 0 Å². The molecular weight excluding hydrogens is 126 g/mol. The SMILES string of the molecule is C1CNC(CN2CC2)CN1. The summed E-state index contributed by atoms with van der Waals surface area (Å²) in [6, 6.07) is 0.705. The molecule has 2 aliphatic heterocycles. The van der Waals surface area contributed by atoms with Crippen molar-refractivity contribution in [3.63, 3.8) is 0 Å². The monoisotopic (exact) mass is 141 g/mol. The van der Waals surface area contributed by atoms with Gasteiger partial charge in [0.2, 0.25) is 0 Å². The second kappa shape index (κ2) is 2.86. The first kappa shape index (κ1) is 6.58. The van der Waals surface area contributed by atoms with Crippen LogP contribution in [0.5, 0.6) is 0 Å². The molecule has 10 heavy (non-hydrogen) atoms. The highest BCUT2D eigenvalue weighted by molar-refractivity contribution is 4.83. The zero-order chi connectivity index (χ0) is 6.81. The van der Waals surface area contributed by atoms with Crippen LogP contribution in [0.15, 0.2) is 0 Å². The van der Waals surface area contributed by atoms with Gasteiger partial charge in [-0.1, -0.05) is 0 Å². The highest BCUT2D eigenvalue weighted by atomic mass is 15.3. The molecule has 0 bridgehead atoms. The Morgan fingerprint density at radius 3 is 2.80 bits per heavy atom. The fraction of sp³-hybridized carbons (Fsp3) is 1.00. The number of piperazine rings is 1. The van der Waals surface area contributed by atoms with Crippen molar-refractivity contribution >= 4 is 0 Å². The smallest absolute Gasteiger partial charge is 0.0320 e. The van der Waals surface area contributed by atoms with Crippen LogP contribution in [0.1, 0.15) is 0 Å². The normalized spacial score (nSPS) is 34.2. The van der Waals surface area contributed by atoms with Crippen molar-refractivity contribution in [1.82, 2.24) is 15.5 Å². The molecule has 2 fully saturated rings. The second-order valence-corrected chi connectivity index (χ2v) is 3.16. The first-order chi connectivity index (χ1) is 4.95. The van der Waals surface area contributed by atoms with Crippen molar-refractivity contribution in [2.24, 2.45) is 0 Å². The van der Waals surface area contributed by atoms with E-state index in [1.807, 2.05) is 0 Å². The van der Waals surface area contributed by atoms with E-state index in [9.17, 15) is 0 Å². The Labute approximate surface area is 61.8 Å². The van der Waals surface area contributed by atoms with Crippen LogP contribution in [-0.4, -0.2) is 50.2 Å². The molecule has 0 radical (unpaired) electrons. The summed E-state index contributed by atoms with van der Waals surface area (Å²) in [6.07, 6.45) is 0. The summed E-state index contributed by atoms with van der Waals surface area (Å²) < 4.78 is 0. The number of hydrogen-bond donors (Lipinski definition) is 2. The zero-order valence-electron chi connectivity index (χ0n) is 6.27. The van der Waals surface area contributed by atoms with Crippen LogP contribution in [0.25, 0.3) is 0 Å². The Balaban J connectivity index is 1.69. The summed E-state index contributed by atoms with van der Waals surface area (Å²) in [5.41, 5.74) is 0. The van der Waals surface area contributed by atoms with E-state index in [2.05, 4.69) is 15.5 Å². The predicted octanol–water partition coefficient (Wildman–Crippen LogP) is -1.14. The average Bonchev–Trinajstić information content (AvgIpc) is 2.74. The van der Waals surface area contributed by atoms with Crippen molar-refractivity contribution in [2.45, 2.75) is 6.04 Å². The fourth-order valence-corrected chi connectivity index (χ4v) is 1.41. The van der Waals surface area contributed by atoms with Crippen LogP contribution < -0.4 is 10.6 Å². The van der Waals surface area contributed by atoms with Gasteiger partial charge in [-0.2, -0.15) is 0 Å². The molecule has 1 unspecified atom stereocenters. The van der Waals surface area contributed by atoms with Gasteiger partial charge >= 0.3 is 0 Å². The maximum absolute atomic E-state index is 3.49. The van der Waals surface area contributed by atoms with Crippen LogP contribution in [0.2, 0.25) is 0 Å². The molecule has 2 aliphatic rings. The van der Waals surface area contributed by atoms with E-state index in [0.29, 0.717) is 6.04 Å². The molecule has 0 amide bonds. The Morgan fingerprint density at radius 1 is 1.30 bits per heavy atom. The lowest BCUT2D eigenvalue weighted by Gasteiger charge is -2.24. The summed E-state index contributed by atoms with van der Waals surface area (Å²) in [7, 11) is 0. The van der Waals surface area contributed by atoms with E-state index < -0.39 is 0 Å². The van der Waals surface area contributed by atoms with Crippen LogP contribution in [0.3, 0.4) is 0 Å². The van der Waals surface area contributed by atoms with Gasteiger partial charge < -0.3 is 10.6 Å². The lowest BCUT2D eigenvalue weighted by molar-refractivity contribution is 0.362. The van der Waals surface area contributed by atoms with Gasteiger partial charge in [-0.3, -0.25) is 4.90 Å². The zero-order valence-corrected chi connectivity index (χ0v) is 6.27. The third kappa shape index (κ3) is 1.68. The molecule has 0 spiro atoms. The summed E-state index contributed by atoms with van der Waals surface area (Å²) in [4.78, 5) is 2.46. The van der Waals surface area contributed by atoms with Gasteiger partial charge in [-0.05, 0) is 0 Å². The lowest BCUT2D eigenvalue weighted by atomic mass is 10.2. The minimum Gasteiger partial charge on any atom is -0.314 e. The molecule has 3 nitrogen and oxygen atoms in total. The van der Waals surface area contributed by atoms with E-state index >= 15 is 0 Å². The van der Waals surface area contributed by atoms with E-state index in [1.165, 1.54) is 19.6 Å². The third-order valence-electron chi connectivity index (χ3n) is 2.14. The van der Waals surface area contributed by atoms with Gasteiger partial charge in [-0.15, -0.1) is 0 Å². The summed E-state index contributed by atoms with van der Waals surface area (Å²) in [6.45, 7) is 7.30. The molecule has 0 aromatic carbocycles. The fourth-order valence-electron chi connectivity index (χ4n) is 1.41. The Bertz CT molecular complexity index is 105. The number of nitrogens with one attached hydrogen (secondary N) is 2. The van der Waals surface area contributed by atoms with Crippen LogP contribution in [0.4, 0.5) is 0 Å². The highest BCUT2D eigenvalue weighted by Crippen LogP contribution is 2.04. The molecule has 3 heteroatoms. The second-order valence-electron chi connectivity index (χ2n) is 3.16. The van der Waals surface area contributed by atoms with Crippen molar-refractivity contribution < 1.29 is 0 Å². The molecule has 2 rings (SSSR count). The van der Waals surface area contributed by atoms with E-state index in [0.717, 1.165) is 19.6 Å². The maximum Gasteiger partial charge on any atom is 0.0320 e. The largest absolute Gasteiger partial charge is 0.314 e. The Hall–Kier alpha value is -0.120. The Morgan fingerprint density at radius 2 is 2.20 bits per heavy atom. The minimum atomic E-state index is 0.705. The standard InChI is InChI=1S/C7H15N3/c1-2-9-7(5-8-1)6-10-3-4-10/h7-9H,1-6H2. The van der Waals surface area contributed by atoms with Crippen molar-refractivity contribution in [3.8, 4) is 0 Å². The van der Waals surface area contributed by atoms with Crippen molar-refractivity contribution in [3.05, 3.63) is 0 Å². The number of rotatable bonds is 2. The summed E-state index contributed by atoms with van der Waals surface area (Å²) in [5.74, 6) is 0. The molecule has 1 atom stereocenters. The van der Waals surface area contributed by atoms with Crippen LogP contribution in [-0.2, 0) is 0 Å². The quantitative estimate of drug-likeness (QED) is 0.476. The summed E-state index contributed by atoms with van der Waals surface area (Å²) in [5, 5.41) is 6.87. The topological polar surface area (TPSA) is 27.1 Å². The van der Waals surface area contributed by atoms with E-state index in [-0.39, 0.29) is 0 Å². The molecule has 0 aliphatic carbocycles. The van der Waals surface area contributed by atoms with Gasteiger partial charge in [0.1, 0.15) is 0 Å². The highest BCUT2D eigenvalue weighted by Gasteiger charge is 2.22. The maximum atomic E-state index is 3.49. The average molecular weight is 141 g/mol. The first-order valence-corrected chi connectivity index (χ1v) is 4.11. The molecule has 0 saturated carbocycles. The van der Waals surface area contributed by atoms with Crippen molar-refractivity contribution in [2.75, 3.05) is 39.3 Å². The van der Waals surface area contributed by atoms with E-state index in [4.69, 9.17) is 0 Å². The molecule has 0 aromatic rings. The lowest BCUT2D eigenvalue weighted by Crippen LogP contribution is -2.51. The molecule has 2 N–H and O–H groups in total. The van der Waals surface area contributed by atoms with Gasteiger partial charge in [-0.25, -0.2) is 0 Å². The van der Waals surface area contributed by atoms with Gasteiger partial charge in [0, 0.05) is 45.3 Å². The molecular formula is C7H15N3. The van der Waals surface area contributed by atoms with Crippen molar-refractivity contribution in [1.29, 1.82) is 0 Å². The number of hydrogen-bond acceptors (Lipinski definition) is 3. The number of nitrogens with zero attached hydrogens (tertiary/aromatic N) is 1. The predicted molar refractivity (Wildman–Crippen MR) is 41.1 cm³/mol. The summed E-state index contributed by atoms with van der Waals surface area (Å²) >= 11 is 0. The van der Waals surface area contributed by atoms with Crippen LogP contribution in [0, 0.1) is 0 Å².